The van der Waals surface area contributed by atoms with Crippen LogP contribution in [0.2, 0.25) is 0 Å². The second-order valence-electron chi connectivity index (χ2n) is 15.0. The third-order valence-corrected chi connectivity index (χ3v) is 12.6. The summed E-state index contributed by atoms with van der Waals surface area (Å²) in [6, 6.07) is 0. The molecule has 0 aromatic heterocycles. The summed E-state index contributed by atoms with van der Waals surface area (Å²) in [5.41, 5.74) is 0.396. The Kier molecular flexibility index (Phi) is 9.51. The van der Waals surface area contributed by atoms with Crippen molar-refractivity contribution in [2.75, 3.05) is 6.61 Å². The fourth-order valence-corrected chi connectivity index (χ4v) is 9.82. The molecule has 0 aromatic carbocycles. The van der Waals surface area contributed by atoms with Crippen LogP contribution >= 0.6 is 0 Å². The van der Waals surface area contributed by atoms with Crippen molar-refractivity contribution in [2.45, 2.75) is 145 Å². The Bertz CT molecular complexity index is 868. The van der Waals surface area contributed by atoms with Gasteiger partial charge < -0.3 is 14.2 Å². The van der Waals surface area contributed by atoms with Crippen LogP contribution in [0.3, 0.4) is 0 Å². The van der Waals surface area contributed by atoms with Gasteiger partial charge in [0.05, 0.1) is 5.41 Å². The van der Waals surface area contributed by atoms with Crippen LogP contribution in [0.1, 0.15) is 132 Å². The average molecular weight is 547 g/mol. The van der Waals surface area contributed by atoms with Crippen molar-refractivity contribution in [3.8, 4) is 0 Å². The van der Waals surface area contributed by atoms with Crippen LogP contribution in [-0.2, 0) is 23.8 Å². The van der Waals surface area contributed by atoms with Crippen LogP contribution in [0.15, 0.2) is 0 Å². The highest BCUT2D eigenvalue weighted by molar-refractivity contribution is 5.76. The number of fused-ring (bicyclic) bond motifs is 5. The second-order valence-corrected chi connectivity index (χ2v) is 15.0. The molecule has 39 heavy (non-hydrogen) atoms. The van der Waals surface area contributed by atoms with Crippen molar-refractivity contribution in [1.82, 2.24) is 0 Å². The molecule has 4 aliphatic carbocycles. The Morgan fingerprint density at radius 2 is 1.62 bits per heavy atom. The predicted molar refractivity (Wildman–Crippen MR) is 155 cm³/mol. The number of carbonyl (C=O) groups is 2. The highest BCUT2D eigenvalue weighted by Gasteiger charge is 2.60. The monoisotopic (exact) mass is 546 g/mol. The summed E-state index contributed by atoms with van der Waals surface area (Å²) < 4.78 is 16.9. The molecule has 4 saturated carbocycles. The summed E-state index contributed by atoms with van der Waals surface area (Å²) >= 11 is 0. The van der Waals surface area contributed by atoms with E-state index in [0.717, 1.165) is 43.4 Å². The van der Waals surface area contributed by atoms with Gasteiger partial charge in [-0.3, -0.25) is 9.59 Å². The number of rotatable bonds is 10. The van der Waals surface area contributed by atoms with Crippen molar-refractivity contribution in [3.63, 3.8) is 0 Å². The Labute approximate surface area is 238 Å². The summed E-state index contributed by atoms with van der Waals surface area (Å²) in [5.74, 6) is 4.23. The van der Waals surface area contributed by atoms with Crippen LogP contribution in [0.25, 0.3) is 0 Å². The molecule has 4 rings (SSSR count). The van der Waals surface area contributed by atoms with Gasteiger partial charge in [-0.2, -0.15) is 0 Å². The summed E-state index contributed by atoms with van der Waals surface area (Å²) in [7, 11) is 0. The quantitative estimate of drug-likeness (QED) is 0.204. The molecule has 4 fully saturated rings. The van der Waals surface area contributed by atoms with E-state index in [0.29, 0.717) is 41.6 Å². The molecule has 0 aliphatic heterocycles. The lowest BCUT2D eigenvalue weighted by Crippen LogP contribution is -2.54. The van der Waals surface area contributed by atoms with Gasteiger partial charge in [-0.05, 0) is 145 Å². The van der Waals surface area contributed by atoms with Crippen molar-refractivity contribution in [2.24, 2.45) is 51.8 Å². The zero-order chi connectivity index (χ0) is 28.6. The first-order valence-corrected chi connectivity index (χ1v) is 16.4. The van der Waals surface area contributed by atoms with E-state index in [-0.39, 0.29) is 23.5 Å². The van der Waals surface area contributed by atoms with E-state index in [1.165, 1.54) is 44.9 Å². The molecule has 4 aliphatic rings. The first-order valence-electron chi connectivity index (χ1n) is 16.4. The molecule has 8 unspecified atom stereocenters. The zero-order valence-electron chi connectivity index (χ0n) is 26.4. The number of hydrogen-bond acceptors (Lipinski definition) is 5. The summed E-state index contributed by atoms with van der Waals surface area (Å²) in [5, 5.41) is 0. The lowest BCUT2D eigenvalue weighted by atomic mass is 9.44. The molecule has 224 valence electrons. The second kappa shape index (κ2) is 12.0. The van der Waals surface area contributed by atoms with Crippen molar-refractivity contribution < 1.29 is 23.8 Å². The standard InChI is InChI=1S/C34H58O5/c1-9-32(5,6)31(36)39-25-17-19-33(7)24(21-25)12-13-26-28-15-14-27(34(28,8)20-18-29(26)33)22(3)11-16-30(35)38-23(4)37-10-2/h22-29H,9-21H2,1-8H3/t22?,23?,24?,25?,26?,27?,28?,29?,33-,34+/m0/s1. The van der Waals surface area contributed by atoms with Gasteiger partial charge in [-0.15, -0.1) is 0 Å². The Morgan fingerprint density at radius 1 is 0.923 bits per heavy atom. The molecule has 5 heteroatoms. The van der Waals surface area contributed by atoms with E-state index < -0.39 is 6.29 Å². The van der Waals surface area contributed by atoms with E-state index in [9.17, 15) is 9.59 Å². The van der Waals surface area contributed by atoms with E-state index >= 15 is 0 Å². The summed E-state index contributed by atoms with van der Waals surface area (Å²) in [6.45, 7) is 17.9. The molecule has 0 radical (unpaired) electrons. The van der Waals surface area contributed by atoms with Crippen LogP contribution in [0.4, 0.5) is 0 Å². The van der Waals surface area contributed by atoms with Crippen molar-refractivity contribution >= 4 is 11.9 Å². The van der Waals surface area contributed by atoms with Gasteiger partial charge in [0.2, 0.25) is 0 Å². The number of hydrogen-bond donors (Lipinski definition) is 0. The van der Waals surface area contributed by atoms with Crippen LogP contribution in [0.5, 0.6) is 0 Å². The molecular formula is C34H58O5. The number of esters is 2. The number of carbonyl (C=O) groups excluding carboxylic acids is 2. The molecule has 10 atom stereocenters. The van der Waals surface area contributed by atoms with Crippen LogP contribution in [-0.4, -0.2) is 30.9 Å². The minimum absolute atomic E-state index is 0.0103. The molecule has 0 bridgehead atoms. The summed E-state index contributed by atoms with van der Waals surface area (Å²) in [4.78, 5) is 25.2. The largest absolute Gasteiger partial charge is 0.462 e. The topological polar surface area (TPSA) is 61.8 Å². The van der Waals surface area contributed by atoms with Crippen molar-refractivity contribution in [1.29, 1.82) is 0 Å². The molecule has 0 amide bonds. The van der Waals surface area contributed by atoms with E-state index in [1.54, 1.807) is 6.92 Å². The maximum atomic E-state index is 12.8. The molecule has 0 aromatic rings. The Morgan fingerprint density at radius 3 is 2.31 bits per heavy atom. The van der Waals surface area contributed by atoms with Gasteiger partial charge in [0.1, 0.15) is 6.10 Å². The van der Waals surface area contributed by atoms with Gasteiger partial charge >= 0.3 is 11.9 Å². The molecule has 0 heterocycles. The highest BCUT2D eigenvalue weighted by atomic mass is 16.7. The third kappa shape index (κ3) is 6.09. The maximum absolute atomic E-state index is 12.8. The highest BCUT2D eigenvalue weighted by Crippen LogP contribution is 2.68. The fraction of sp³-hybridized carbons (Fsp3) is 0.941. The maximum Gasteiger partial charge on any atom is 0.311 e. The van der Waals surface area contributed by atoms with Crippen LogP contribution < -0.4 is 0 Å². The third-order valence-electron chi connectivity index (χ3n) is 12.6. The average Bonchev–Trinajstić information content (AvgIpc) is 3.24. The number of ether oxygens (including phenoxy) is 3. The smallest absolute Gasteiger partial charge is 0.311 e. The molecular weight excluding hydrogens is 488 g/mol. The SMILES string of the molecule is CCOC(C)OC(=O)CCC(C)C1CCC2C3CCC4CC(OC(=O)C(C)(C)CC)CC[C@]4(C)C3CC[C@]12C. The van der Waals surface area contributed by atoms with E-state index in [1.807, 2.05) is 20.8 Å². The van der Waals surface area contributed by atoms with E-state index in [2.05, 4.69) is 27.7 Å². The Balaban J connectivity index is 1.35. The molecule has 0 N–H and O–H groups in total. The molecule has 0 spiro atoms. The van der Waals surface area contributed by atoms with Gasteiger partial charge in [-0.1, -0.05) is 27.7 Å². The Hall–Kier alpha value is -1.10. The predicted octanol–water partition coefficient (Wildman–Crippen LogP) is 8.34. The summed E-state index contributed by atoms with van der Waals surface area (Å²) in [6.07, 6.45) is 13.1. The van der Waals surface area contributed by atoms with Crippen LogP contribution in [0, 0.1) is 51.8 Å². The van der Waals surface area contributed by atoms with Gasteiger partial charge in [0, 0.05) is 13.0 Å². The first kappa shape index (κ1) is 30.8. The lowest BCUT2D eigenvalue weighted by Gasteiger charge is -2.61. The molecule has 0 saturated heterocycles. The van der Waals surface area contributed by atoms with E-state index in [4.69, 9.17) is 14.2 Å². The minimum atomic E-state index is -0.455. The van der Waals surface area contributed by atoms with Crippen molar-refractivity contribution in [3.05, 3.63) is 0 Å². The van der Waals surface area contributed by atoms with Gasteiger partial charge in [-0.25, -0.2) is 0 Å². The fourth-order valence-electron chi connectivity index (χ4n) is 9.82. The lowest BCUT2D eigenvalue weighted by molar-refractivity contribution is -0.174. The zero-order valence-corrected chi connectivity index (χ0v) is 26.4. The first-order chi connectivity index (χ1) is 18.4. The minimum Gasteiger partial charge on any atom is -0.462 e. The molecule has 5 nitrogen and oxygen atoms in total. The van der Waals surface area contributed by atoms with Gasteiger partial charge in [0.25, 0.3) is 0 Å². The normalized spacial score (nSPS) is 39.6. The van der Waals surface area contributed by atoms with Gasteiger partial charge in [0.15, 0.2) is 6.29 Å².